The maximum Gasteiger partial charge on any atom is 0.0604 e. The summed E-state index contributed by atoms with van der Waals surface area (Å²) < 4.78 is 0. The molecule has 1 heterocycles. The molecule has 0 aromatic carbocycles. The first kappa shape index (κ1) is 14.0. The van der Waals surface area contributed by atoms with Crippen molar-refractivity contribution in [2.24, 2.45) is 11.7 Å². The number of aliphatic hydroxyl groups excluding tert-OH is 1. The van der Waals surface area contributed by atoms with Gasteiger partial charge in [-0.05, 0) is 19.5 Å². The van der Waals surface area contributed by atoms with E-state index in [9.17, 15) is 5.11 Å². The first-order valence-electron chi connectivity index (χ1n) is 3.43. The second-order valence-electron chi connectivity index (χ2n) is 2.56. The molecule has 0 aromatic heterocycles. The lowest BCUT2D eigenvalue weighted by atomic mass is 9.97. The molecule has 0 aliphatic carbocycles. The van der Waals surface area contributed by atoms with Crippen molar-refractivity contribution < 1.29 is 5.11 Å². The standard InChI is InChI=1S/C6H14N2O.2ClH/c7-3-5-4-8-2-1-6(5)9;;/h5-6,8-9H,1-4,7H2;2*1H. The zero-order valence-corrected chi connectivity index (χ0v) is 7.96. The topological polar surface area (TPSA) is 58.3 Å². The molecule has 2 unspecified atom stereocenters. The highest BCUT2D eigenvalue weighted by molar-refractivity contribution is 5.85. The van der Waals surface area contributed by atoms with Crippen LogP contribution in [-0.4, -0.2) is 30.8 Å². The second-order valence-corrected chi connectivity index (χ2v) is 2.56. The molecule has 0 saturated carbocycles. The summed E-state index contributed by atoms with van der Waals surface area (Å²) in [5, 5.41) is 12.4. The smallest absolute Gasteiger partial charge is 0.0604 e. The van der Waals surface area contributed by atoms with Crippen LogP contribution in [0.15, 0.2) is 0 Å². The van der Waals surface area contributed by atoms with Crippen molar-refractivity contribution in [2.75, 3.05) is 19.6 Å². The van der Waals surface area contributed by atoms with Gasteiger partial charge in [0.15, 0.2) is 0 Å². The Kier molecular flexibility index (Phi) is 9.08. The molecular weight excluding hydrogens is 187 g/mol. The minimum Gasteiger partial charge on any atom is -0.393 e. The third-order valence-corrected chi connectivity index (χ3v) is 1.87. The maximum atomic E-state index is 9.25. The predicted octanol–water partition coefficient (Wildman–Crippen LogP) is -0.241. The molecule has 4 N–H and O–H groups in total. The van der Waals surface area contributed by atoms with Gasteiger partial charge in [0, 0.05) is 12.5 Å². The number of piperidine rings is 1. The fourth-order valence-corrected chi connectivity index (χ4v) is 1.15. The van der Waals surface area contributed by atoms with E-state index in [1.165, 1.54) is 0 Å². The zero-order chi connectivity index (χ0) is 6.69. The van der Waals surface area contributed by atoms with Crippen molar-refractivity contribution >= 4 is 24.8 Å². The molecule has 0 amide bonds. The van der Waals surface area contributed by atoms with Crippen LogP contribution in [0.1, 0.15) is 6.42 Å². The summed E-state index contributed by atoms with van der Waals surface area (Å²) in [5.41, 5.74) is 5.39. The Hall–Kier alpha value is 0.460. The van der Waals surface area contributed by atoms with Crippen molar-refractivity contribution in [3.05, 3.63) is 0 Å². The van der Waals surface area contributed by atoms with Gasteiger partial charge < -0.3 is 16.2 Å². The van der Waals surface area contributed by atoms with Crippen LogP contribution >= 0.6 is 24.8 Å². The highest BCUT2D eigenvalue weighted by atomic mass is 35.5. The van der Waals surface area contributed by atoms with E-state index in [-0.39, 0.29) is 36.8 Å². The Labute approximate surface area is 79.5 Å². The van der Waals surface area contributed by atoms with Crippen LogP contribution in [0.25, 0.3) is 0 Å². The van der Waals surface area contributed by atoms with Gasteiger partial charge in [-0.15, -0.1) is 24.8 Å². The van der Waals surface area contributed by atoms with Gasteiger partial charge in [0.05, 0.1) is 6.10 Å². The Morgan fingerprint density at radius 3 is 2.45 bits per heavy atom. The lowest BCUT2D eigenvalue weighted by molar-refractivity contribution is 0.0833. The summed E-state index contributed by atoms with van der Waals surface area (Å²) in [6.07, 6.45) is 0.679. The fourth-order valence-electron chi connectivity index (χ4n) is 1.15. The Morgan fingerprint density at radius 1 is 1.45 bits per heavy atom. The molecule has 5 heteroatoms. The Morgan fingerprint density at radius 2 is 2.09 bits per heavy atom. The minimum absolute atomic E-state index is 0. The normalized spacial score (nSPS) is 30.0. The monoisotopic (exact) mass is 202 g/mol. The number of hydrogen-bond acceptors (Lipinski definition) is 3. The van der Waals surface area contributed by atoms with Gasteiger partial charge in [0.1, 0.15) is 0 Å². The molecule has 0 aromatic rings. The third-order valence-electron chi connectivity index (χ3n) is 1.87. The van der Waals surface area contributed by atoms with E-state index in [0.717, 1.165) is 19.5 Å². The molecule has 70 valence electrons. The molecule has 0 radical (unpaired) electrons. The number of nitrogens with two attached hydrogens (primary N) is 1. The van der Waals surface area contributed by atoms with Crippen molar-refractivity contribution in [1.82, 2.24) is 5.32 Å². The maximum absolute atomic E-state index is 9.25. The van der Waals surface area contributed by atoms with E-state index in [1.54, 1.807) is 0 Å². The fraction of sp³-hybridized carbons (Fsp3) is 1.00. The summed E-state index contributed by atoms with van der Waals surface area (Å²) in [6.45, 7) is 2.39. The molecule has 2 atom stereocenters. The largest absolute Gasteiger partial charge is 0.393 e. The van der Waals surface area contributed by atoms with Crippen LogP contribution in [0.4, 0.5) is 0 Å². The average molecular weight is 203 g/mol. The molecule has 1 aliphatic rings. The van der Waals surface area contributed by atoms with Crippen LogP contribution in [-0.2, 0) is 0 Å². The average Bonchev–Trinajstić information content (AvgIpc) is 1.89. The Bertz CT molecular complexity index is 94.7. The summed E-state index contributed by atoms with van der Waals surface area (Å²) in [4.78, 5) is 0. The van der Waals surface area contributed by atoms with Crippen molar-refractivity contribution in [3.8, 4) is 0 Å². The zero-order valence-electron chi connectivity index (χ0n) is 6.32. The summed E-state index contributed by atoms with van der Waals surface area (Å²) in [7, 11) is 0. The van der Waals surface area contributed by atoms with E-state index in [2.05, 4.69) is 5.32 Å². The van der Waals surface area contributed by atoms with E-state index in [4.69, 9.17) is 5.73 Å². The molecule has 1 saturated heterocycles. The van der Waals surface area contributed by atoms with Gasteiger partial charge in [-0.2, -0.15) is 0 Å². The van der Waals surface area contributed by atoms with E-state index >= 15 is 0 Å². The van der Waals surface area contributed by atoms with Crippen molar-refractivity contribution in [2.45, 2.75) is 12.5 Å². The van der Waals surface area contributed by atoms with Gasteiger partial charge >= 0.3 is 0 Å². The molecular formula is C6H16Cl2N2O. The number of halogens is 2. The second kappa shape index (κ2) is 7.13. The van der Waals surface area contributed by atoms with Crippen LogP contribution in [0.3, 0.4) is 0 Å². The van der Waals surface area contributed by atoms with Crippen molar-refractivity contribution in [3.63, 3.8) is 0 Å². The van der Waals surface area contributed by atoms with Gasteiger partial charge in [0.2, 0.25) is 0 Å². The van der Waals surface area contributed by atoms with Crippen molar-refractivity contribution in [1.29, 1.82) is 0 Å². The molecule has 1 rings (SSSR count). The minimum atomic E-state index is -0.170. The summed E-state index contributed by atoms with van der Waals surface area (Å²) >= 11 is 0. The quantitative estimate of drug-likeness (QED) is 0.551. The van der Waals surface area contributed by atoms with Gasteiger partial charge in [-0.3, -0.25) is 0 Å². The van der Waals surface area contributed by atoms with Gasteiger partial charge in [-0.1, -0.05) is 0 Å². The van der Waals surface area contributed by atoms with Crippen LogP contribution in [0, 0.1) is 5.92 Å². The summed E-state index contributed by atoms with van der Waals surface area (Å²) in [5.74, 6) is 0.277. The third kappa shape index (κ3) is 4.13. The predicted molar refractivity (Wildman–Crippen MR) is 50.5 cm³/mol. The molecule has 1 fully saturated rings. The number of aliphatic hydroxyl groups is 1. The molecule has 3 nitrogen and oxygen atoms in total. The Balaban J connectivity index is 0. The summed E-state index contributed by atoms with van der Waals surface area (Å²) in [6, 6.07) is 0. The number of rotatable bonds is 1. The highest BCUT2D eigenvalue weighted by Gasteiger charge is 2.20. The van der Waals surface area contributed by atoms with E-state index in [1.807, 2.05) is 0 Å². The lowest BCUT2D eigenvalue weighted by Crippen LogP contribution is -2.43. The molecule has 0 spiro atoms. The lowest BCUT2D eigenvalue weighted by Gasteiger charge is -2.26. The van der Waals surface area contributed by atoms with Gasteiger partial charge in [-0.25, -0.2) is 0 Å². The first-order valence-corrected chi connectivity index (χ1v) is 3.43. The SMILES string of the molecule is Cl.Cl.NCC1CNCCC1O. The molecule has 0 bridgehead atoms. The van der Waals surface area contributed by atoms with Crippen LogP contribution in [0.2, 0.25) is 0 Å². The molecule has 1 aliphatic heterocycles. The van der Waals surface area contributed by atoms with Crippen LogP contribution in [0.5, 0.6) is 0 Å². The van der Waals surface area contributed by atoms with Crippen LogP contribution < -0.4 is 11.1 Å². The first-order chi connectivity index (χ1) is 4.34. The molecule has 11 heavy (non-hydrogen) atoms. The van der Waals surface area contributed by atoms with E-state index < -0.39 is 0 Å². The number of nitrogens with one attached hydrogen (secondary N) is 1. The van der Waals surface area contributed by atoms with E-state index in [0.29, 0.717) is 6.54 Å². The highest BCUT2D eigenvalue weighted by Crippen LogP contribution is 2.08. The van der Waals surface area contributed by atoms with Gasteiger partial charge in [0.25, 0.3) is 0 Å². The number of hydrogen-bond donors (Lipinski definition) is 3.